The van der Waals surface area contributed by atoms with Gasteiger partial charge in [-0.15, -0.1) is 24.0 Å². The van der Waals surface area contributed by atoms with Crippen molar-refractivity contribution < 1.29 is 9.90 Å². The highest BCUT2D eigenvalue weighted by molar-refractivity contribution is 14.0. The van der Waals surface area contributed by atoms with E-state index in [0.717, 1.165) is 30.5 Å². The molecule has 3 N–H and O–H groups in total. The molecule has 0 heterocycles. The first kappa shape index (κ1) is 25.0. The predicted molar refractivity (Wildman–Crippen MR) is 136 cm³/mol. The Labute approximate surface area is 202 Å². The van der Waals surface area contributed by atoms with Crippen molar-refractivity contribution in [3.63, 3.8) is 0 Å². The molecular weight excluding hydrogens is 503 g/mol. The molecule has 0 aromatic heterocycles. The third-order valence-corrected chi connectivity index (χ3v) is 5.43. The molecule has 0 spiro atoms. The summed E-state index contributed by atoms with van der Waals surface area (Å²) in [6.45, 7) is 3.82. The highest BCUT2D eigenvalue weighted by Gasteiger charge is 2.16. The minimum absolute atomic E-state index is 0. The predicted octanol–water partition coefficient (Wildman–Crippen LogP) is 3.85. The number of fused-ring (bicyclic) bond motifs is 1. The molecule has 0 saturated heterocycles. The second-order valence-corrected chi connectivity index (χ2v) is 7.85. The molecule has 0 radical (unpaired) electrons. The maximum atomic E-state index is 12.0. The van der Waals surface area contributed by atoms with Crippen molar-refractivity contribution in [2.24, 2.45) is 4.99 Å². The lowest BCUT2D eigenvalue weighted by molar-refractivity contribution is 0.0827. The molecule has 31 heavy (non-hydrogen) atoms. The van der Waals surface area contributed by atoms with Crippen LogP contribution < -0.4 is 10.6 Å². The number of aryl methyl sites for hydroxylation is 1. The average molecular weight is 536 g/mol. The van der Waals surface area contributed by atoms with Gasteiger partial charge in [-0.2, -0.15) is 0 Å². The minimum Gasteiger partial charge on any atom is -0.508 e. The van der Waals surface area contributed by atoms with Gasteiger partial charge in [0.2, 0.25) is 0 Å². The number of nitrogens with one attached hydrogen (secondary N) is 2. The molecule has 1 aliphatic rings. The Kier molecular flexibility index (Phi) is 9.61. The van der Waals surface area contributed by atoms with Crippen LogP contribution in [-0.4, -0.2) is 42.5 Å². The fourth-order valence-corrected chi connectivity index (χ4v) is 3.78. The second kappa shape index (κ2) is 11.9. The zero-order valence-electron chi connectivity index (χ0n) is 18.6. The van der Waals surface area contributed by atoms with Crippen LogP contribution in [0.15, 0.2) is 41.4 Å². The first-order chi connectivity index (χ1) is 14.5. The van der Waals surface area contributed by atoms with Crippen molar-refractivity contribution in [2.45, 2.75) is 45.7 Å². The number of carbonyl (C=O) groups excluding carboxylic acids is 1. The molecule has 168 valence electrons. The van der Waals surface area contributed by atoms with Gasteiger partial charge in [0.1, 0.15) is 5.75 Å². The number of nitrogens with zero attached hydrogens (tertiary/aromatic N) is 2. The maximum absolute atomic E-state index is 12.0. The van der Waals surface area contributed by atoms with Crippen molar-refractivity contribution in [3.8, 4) is 5.75 Å². The van der Waals surface area contributed by atoms with Crippen LogP contribution in [0.25, 0.3) is 0 Å². The number of aliphatic imine (C=N–C) groups is 1. The normalized spacial score (nSPS) is 13.1. The summed E-state index contributed by atoms with van der Waals surface area (Å²) < 4.78 is 0. The molecule has 0 aliphatic heterocycles. The van der Waals surface area contributed by atoms with Crippen molar-refractivity contribution in [1.29, 1.82) is 0 Å². The van der Waals surface area contributed by atoms with Crippen LogP contribution >= 0.6 is 24.0 Å². The van der Waals surface area contributed by atoms with Crippen LogP contribution in [0.1, 0.15) is 52.4 Å². The van der Waals surface area contributed by atoms with E-state index < -0.39 is 0 Å². The summed E-state index contributed by atoms with van der Waals surface area (Å²) in [4.78, 5) is 18.2. The Morgan fingerprint density at radius 2 is 1.77 bits per heavy atom. The highest BCUT2D eigenvalue weighted by atomic mass is 127. The fourth-order valence-electron chi connectivity index (χ4n) is 3.78. The van der Waals surface area contributed by atoms with E-state index in [-0.39, 0.29) is 29.9 Å². The lowest BCUT2D eigenvalue weighted by Crippen LogP contribution is -2.37. The third-order valence-electron chi connectivity index (χ3n) is 5.43. The lowest BCUT2D eigenvalue weighted by Gasteiger charge is -2.21. The van der Waals surface area contributed by atoms with E-state index >= 15 is 0 Å². The Bertz CT molecular complexity index is 911. The zero-order valence-corrected chi connectivity index (χ0v) is 20.9. The van der Waals surface area contributed by atoms with Crippen LogP contribution in [0, 0.1) is 0 Å². The Balaban J connectivity index is 0.00000341. The van der Waals surface area contributed by atoms with Gasteiger partial charge < -0.3 is 20.6 Å². The summed E-state index contributed by atoms with van der Waals surface area (Å²) in [7, 11) is 3.49. The summed E-state index contributed by atoms with van der Waals surface area (Å²) in [5.74, 6) is 1.05. The minimum atomic E-state index is -0.00828. The van der Waals surface area contributed by atoms with Gasteiger partial charge in [0, 0.05) is 38.3 Å². The van der Waals surface area contributed by atoms with E-state index in [1.54, 1.807) is 19.0 Å². The van der Waals surface area contributed by atoms with Crippen molar-refractivity contribution in [2.75, 3.05) is 20.6 Å². The van der Waals surface area contributed by atoms with Crippen LogP contribution in [0.2, 0.25) is 0 Å². The van der Waals surface area contributed by atoms with Crippen molar-refractivity contribution in [3.05, 3.63) is 64.2 Å². The number of halogens is 1. The van der Waals surface area contributed by atoms with E-state index in [1.165, 1.54) is 24.0 Å². The number of carbonyl (C=O) groups is 1. The van der Waals surface area contributed by atoms with Gasteiger partial charge >= 0.3 is 0 Å². The molecule has 2 aromatic carbocycles. The highest BCUT2D eigenvalue weighted by Crippen LogP contribution is 2.30. The first-order valence-electron chi connectivity index (χ1n) is 10.6. The molecule has 0 saturated carbocycles. The third kappa shape index (κ3) is 6.59. The van der Waals surface area contributed by atoms with E-state index in [4.69, 9.17) is 0 Å². The van der Waals surface area contributed by atoms with E-state index in [9.17, 15) is 9.90 Å². The van der Waals surface area contributed by atoms with Crippen molar-refractivity contribution >= 4 is 35.8 Å². The zero-order chi connectivity index (χ0) is 21.5. The molecule has 0 atom stereocenters. The largest absolute Gasteiger partial charge is 0.508 e. The Morgan fingerprint density at radius 3 is 2.45 bits per heavy atom. The van der Waals surface area contributed by atoms with Gasteiger partial charge in [-0.05, 0) is 67.5 Å². The second-order valence-electron chi connectivity index (χ2n) is 7.85. The lowest BCUT2D eigenvalue weighted by atomic mass is 9.88. The molecular formula is C24H33IN4O2. The van der Waals surface area contributed by atoms with E-state index in [0.29, 0.717) is 30.4 Å². The van der Waals surface area contributed by atoms with Crippen molar-refractivity contribution in [1.82, 2.24) is 15.5 Å². The molecule has 1 aliphatic carbocycles. The van der Waals surface area contributed by atoms with Gasteiger partial charge in [-0.1, -0.05) is 18.2 Å². The number of hydrogen-bond acceptors (Lipinski definition) is 3. The summed E-state index contributed by atoms with van der Waals surface area (Å²) in [6, 6.07) is 11.4. The molecule has 2 aromatic rings. The van der Waals surface area contributed by atoms with Gasteiger partial charge in [-0.25, -0.2) is 4.99 Å². The molecule has 0 bridgehead atoms. The van der Waals surface area contributed by atoms with E-state index in [1.807, 2.05) is 37.3 Å². The summed E-state index contributed by atoms with van der Waals surface area (Å²) in [5, 5.41) is 17.0. The van der Waals surface area contributed by atoms with Crippen LogP contribution in [0.4, 0.5) is 0 Å². The fraction of sp³-hybridized carbons (Fsp3) is 0.417. The number of rotatable bonds is 6. The maximum Gasteiger partial charge on any atom is 0.253 e. The van der Waals surface area contributed by atoms with Gasteiger partial charge in [0.15, 0.2) is 5.96 Å². The molecule has 7 heteroatoms. The number of aromatic hydroxyl groups is 1. The number of guanidine groups is 1. The first-order valence-corrected chi connectivity index (χ1v) is 10.6. The van der Waals surface area contributed by atoms with Gasteiger partial charge in [0.05, 0.1) is 6.54 Å². The number of hydrogen-bond donors (Lipinski definition) is 3. The SMILES string of the molecule is CCNC(=NCc1ccc(C(=O)N(C)C)cc1)NCc1c(O)ccc2c1CCCC2.I. The van der Waals surface area contributed by atoms with Crippen LogP contribution in [0.3, 0.4) is 0 Å². The molecule has 1 amide bonds. The molecule has 3 rings (SSSR count). The molecule has 6 nitrogen and oxygen atoms in total. The Hall–Kier alpha value is -2.29. The van der Waals surface area contributed by atoms with Gasteiger partial charge in [-0.3, -0.25) is 4.79 Å². The van der Waals surface area contributed by atoms with E-state index in [2.05, 4.69) is 21.7 Å². The smallest absolute Gasteiger partial charge is 0.253 e. The topological polar surface area (TPSA) is 77.0 Å². The quantitative estimate of drug-likeness (QED) is 0.298. The molecule has 0 unspecified atom stereocenters. The summed E-state index contributed by atoms with van der Waals surface area (Å²) in [6.07, 6.45) is 4.49. The van der Waals surface area contributed by atoms with Gasteiger partial charge in [0.25, 0.3) is 5.91 Å². The summed E-state index contributed by atoms with van der Waals surface area (Å²) >= 11 is 0. The number of amides is 1. The monoisotopic (exact) mass is 536 g/mol. The number of phenolic OH excluding ortho intramolecular Hbond substituents is 1. The number of benzene rings is 2. The standard InChI is InChI=1S/C24H32N4O2.HI/c1-4-25-24(26-15-17-9-11-19(12-10-17)23(30)28(2)3)27-16-21-20-8-6-5-7-18(20)13-14-22(21)29;/h9-14,29H,4-8,15-16H2,1-3H3,(H2,25,26,27);1H. The Morgan fingerprint density at radius 1 is 1.06 bits per heavy atom. The van der Waals surface area contributed by atoms with Crippen LogP contribution in [-0.2, 0) is 25.9 Å². The molecule has 0 fully saturated rings. The summed E-state index contributed by atoms with van der Waals surface area (Å²) in [5.41, 5.74) is 5.31. The van der Waals surface area contributed by atoms with Crippen LogP contribution in [0.5, 0.6) is 5.75 Å². The number of phenols is 1. The average Bonchev–Trinajstić information content (AvgIpc) is 2.76.